The lowest BCUT2D eigenvalue weighted by molar-refractivity contribution is 0.0972. The number of hydrogen-bond acceptors (Lipinski definition) is 2. The number of carbonyl (C=O) groups excluding carboxylic acids is 1. The molecule has 0 bridgehead atoms. The highest BCUT2D eigenvalue weighted by Crippen LogP contribution is 2.24. The third-order valence-electron chi connectivity index (χ3n) is 3.40. The van der Waals surface area contributed by atoms with Crippen molar-refractivity contribution in [2.45, 2.75) is 39.7 Å². The summed E-state index contributed by atoms with van der Waals surface area (Å²) in [6, 6.07) is 1.99. The quantitative estimate of drug-likeness (QED) is 0.824. The molecule has 1 atom stereocenters. The summed E-state index contributed by atoms with van der Waals surface area (Å²) in [7, 11) is -0.735. The van der Waals surface area contributed by atoms with Crippen LogP contribution in [0.3, 0.4) is 0 Å². The summed E-state index contributed by atoms with van der Waals surface area (Å²) in [5.74, 6) is 1.67. The highest BCUT2D eigenvalue weighted by Gasteiger charge is 2.22. The van der Waals surface area contributed by atoms with Crippen molar-refractivity contribution in [2.75, 3.05) is 11.5 Å². The van der Waals surface area contributed by atoms with Gasteiger partial charge in [-0.25, -0.2) is 0 Å². The molecular weight excluding hydrogens is 234 g/mol. The molecule has 3 nitrogen and oxygen atoms in total. The summed E-state index contributed by atoms with van der Waals surface area (Å²) in [6.07, 6.45) is 2.61. The van der Waals surface area contributed by atoms with Gasteiger partial charge in [0, 0.05) is 52.2 Å². The first-order valence-electron chi connectivity index (χ1n) is 6.20. The number of ketones is 1. The van der Waals surface area contributed by atoms with E-state index < -0.39 is 10.8 Å². The molecule has 0 N–H and O–H groups in total. The van der Waals surface area contributed by atoms with Gasteiger partial charge in [0.2, 0.25) is 0 Å². The molecule has 0 saturated heterocycles. The van der Waals surface area contributed by atoms with Crippen LogP contribution in [0.1, 0.15) is 41.5 Å². The molecule has 1 aliphatic rings. The number of nitrogens with zero attached hydrogens (tertiary/aromatic N) is 1. The van der Waals surface area contributed by atoms with E-state index in [1.807, 2.05) is 19.9 Å². The highest BCUT2D eigenvalue weighted by atomic mass is 32.2. The highest BCUT2D eigenvalue weighted by molar-refractivity contribution is 7.84. The SMILES string of the molecule is CCS(=O)CCn1c(C)cc2c1CCCC2=O. The van der Waals surface area contributed by atoms with Gasteiger partial charge in [-0.3, -0.25) is 9.00 Å². The van der Waals surface area contributed by atoms with Crippen LogP contribution < -0.4 is 0 Å². The Morgan fingerprint density at radius 1 is 1.41 bits per heavy atom. The first kappa shape index (κ1) is 12.6. The maximum atomic E-state index is 11.8. The zero-order valence-electron chi connectivity index (χ0n) is 10.5. The van der Waals surface area contributed by atoms with Gasteiger partial charge in [0.05, 0.1) is 0 Å². The molecular formula is C13H19NO2S. The minimum Gasteiger partial charge on any atom is -0.347 e. The van der Waals surface area contributed by atoms with Crippen LogP contribution in [-0.2, 0) is 23.8 Å². The fourth-order valence-electron chi connectivity index (χ4n) is 2.44. The predicted octanol–water partition coefficient (Wildman–Crippen LogP) is 2.08. The molecule has 1 heterocycles. The summed E-state index contributed by atoms with van der Waals surface area (Å²) in [6.45, 7) is 4.74. The molecule has 0 amide bonds. The second kappa shape index (κ2) is 5.17. The largest absolute Gasteiger partial charge is 0.347 e. The first-order valence-corrected chi connectivity index (χ1v) is 7.69. The Balaban J connectivity index is 2.22. The number of hydrogen-bond donors (Lipinski definition) is 0. The van der Waals surface area contributed by atoms with Crippen LogP contribution in [0.5, 0.6) is 0 Å². The van der Waals surface area contributed by atoms with Crippen molar-refractivity contribution in [3.63, 3.8) is 0 Å². The van der Waals surface area contributed by atoms with Crippen molar-refractivity contribution in [2.24, 2.45) is 0 Å². The topological polar surface area (TPSA) is 39.1 Å². The molecule has 0 saturated carbocycles. The summed E-state index contributed by atoms with van der Waals surface area (Å²) in [5, 5.41) is 0. The van der Waals surface area contributed by atoms with Gasteiger partial charge in [-0.2, -0.15) is 0 Å². The fraction of sp³-hybridized carbons (Fsp3) is 0.615. The monoisotopic (exact) mass is 253 g/mol. The van der Waals surface area contributed by atoms with Crippen LogP contribution >= 0.6 is 0 Å². The van der Waals surface area contributed by atoms with Crippen molar-refractivity contribution in [1.29, 1.82) is 0 Å². The average molecular weight is 253 g/mol. The molecule has 17 heavy (non-hydrogen) atoms. The van der Waals surface area contributed by atoms with E-state index in [4.69, 9.17) is 0 Å². The maximum Gasteiger partial charge on any atom is 0.164 e. The predicted molar refractivity (Wildman–Crippen MR) is 70.0 cm³/mol. The van der Waals surface area contributed by atoms with Crippen LogP contribution in [0.4, 0.5) is 0 Å². The van der Waals surface area contributed by atoms with Crippen LogP contribution in [0.15, 0.2) is 6.07 Å². The lowest BCUT2D eigenvalue weighted by Gasteiger charge is -2.15. The normalized spacial score (nSPS) is 16.9. The number of Topliss-reactive ketones (excluding diaryl/α,β-unsaturated/α-hetero) is 1. The second-order valence-corrected chi connectivity index (χ2v) is 6.37. The fourth-order valence-corrected chi connectivity index (χ4v) is 3.11. The molecule has 0 radical (unpaired) electrons. The third-order valence-corrected chi connectivity index (χ3v) is 4.68. The minimum absolute atomic E-state index is 0.268. The van der Waals surface area contributed by atoms with Crippen LogP contribution in [0.2, 0.25) is 0 Å². The number of aromatic nitrogens is 1. The Morgan fingerprint density at radius 3 is 2.88 bits per heavy atom. The smallest absolute Gasteiger partial charge is 0.164 e. The number of carbonyl (C=O) groups is 1. The zero-order valence-corrected chi connectivity index (χ0v) is 11.3. The van der Waals surface area contributed by atoms with Gasteiger partial charge in [0.15, 0.2) is 5.78 Å². The van der Waals surface area contributed by atoms with Crippen molar-refractivity contribution >= 4 is 16.6 Å². The molecule has 0 fully saturated rings. The molecule has 1 aromatic heterocycles. The van der Waals surface area contributed by atoms with E-state index in [-0.39, 0.29) is 5.78 Å². The molecule has 1 unspecified atom stereocenters. The van der Waals surface area contributed by atoms with Crippen LogP contribution in [0, 0.1) is 6.92 Å². The lowest BCUT2D eigenvalue weighted by atomic mass is 9.97. The van der Waals surface area contributed by atoms with Crippen molar-refractivity contribution < 1.29 is 9.00 Å². The second-order valence-electron chi connectivity index (χ2n) is 4.51. The molecule has 2 rings (SSSR count). The van der Waals surface area contributed by atoms with E-state index in [0.717, 1.165) is 36.3 Å². The Hall–Kier alpha value is -0.900. The van der Waals surface area contributed by atoms with E-state index in [1.165, 1.54) is 0 Å². The van der Waals surface area contributed by atoms with Crippen LogP contribution in [0.25, 0.3) is 0 Å². The van der Waals surface area contributed by atoms with Gasteiger partial charge in [-0.1, -0.05) is 6.92 Å². The summed E-state index contributed by atoms with van der Waals surface area (Å²) in [5.41, 5.74) is 3.18. The van der Waals surface area contributed by atoms with Gasteiger partial charge in [0.25, 0.3) is 0 Å². The molecule has 1 aliphatic carbocycles. The molecule has 4 heteroatoms. The van der Waals surface area contributed by atoms with Gasteiger partial charge in [0.1, 0.15) is 0 Å². The van der Waals surface area contributed by atoms with E-state index in [2.05, 4.69) is 4.57 Å². The van der Waals surface area contributed by atoms with Gasteiger partial charge in [-0.05, 0) is 25.8 Å². The number of aryl methyl sites for hydroxylation is 1. The maximum absolute atomic E-state index is 11.8. The molecule has 94 valence electrons. The third kappa shape index (κ3) is 2.51. The van der Waals surface area contributed by atoms with Gasteiger partial charge < -0.3 is 4.57 Å². The molecule has 1 aromatic rings. The van der Waals surface area contributed by atoms with Gasteiger partial charge >= 0.3 is 0 Å². The van der Waals surface area contributed by atoms with E-state index >= 15 is 0 Å². The van der Waals surface area contributed by atoms with Crippen molar-refractivity contribution in [3.05, 3.63) is 23.0 Å². The number of fused-ring (bicyclic) bond motifs is 1. The molecule has 0 aromatic carbocycles. The van der Waals surface area contributed by atoms with Crippen molar-refractivity contribution in [1.82, 2.24) is 4.57 Å². The lowest BCUT2D eigenvalue weighted by Crippen LogP contribution is -2.16. The standard InChI is InChI=1S/C13H19NO2S/c1-3-17(16)8-7-14-10(2)9-11-12(14)5-4-6-13(11)15/h9H,3-8H2,1-2H3. The van der Waals surface area contributed by atoms with Crippen LogP contribution in [-0.4, -0.2) is 26.1 Å². The summed E-state index contributed by atoms with van der Waals surface area (Å²) < 4.78 is 13.7. The van der Waals surface area contributed by atoms with E-state index in [9.17, 15) is 9.00 Å². The zero-order chi connectivity index (χ0) is 12.4. The van der Waals surface area contributed by atoms with E-state index in [0.29, 0.717) is 17.9 Å². The Kier molecular flexibility index (Phi) is 3.82. The molecule has 0 aliphatic heterocycles. The number of rotatable bonds is 4. The Morgan fingerprint density at radius 2 is 2.18 bits per heavy atom. The summed E-state index contributed by atoms with van der Waals surface area (Å²) in [4.78, 5) is 11.8. The van der Waals surface area contributed by atoms with Crippen molar-refractivity contribution in [3.8, 4) is 0 Å². The first-order chi connectivity index (χ1) is 8.13. The summed E-state index contributed by atoms with van der Waals surface area (Å²) >= 11 is 0. The van der Waals surface area contributed by atoms with E-state index in [1.54, 1.807) is 0 Å². The minimum atomic E-state index is -0.735. The average Bonchev–Trinajstić information content (AvgIpc) is 2.64. The Bertz CT molecular complexity index is 462. The molecule has 0 spiro atoms. The Labute approximate surface area is 105 Å². The van der Waals surface area contributed by atoms with Gasteiger partial charge in [-0.15, -0.1) is 0 Å².